The van der Waals surface area contributed by atoms with Crippen LogP contribution in [0, 0.1) is 13.8 Å². The molecule has 8 heteroatoms. The molecule has 3 amide bonds. The number of hydrogen-bond acceptors (Lipinski definition) is 6. The average Bonchev–Trinajstić information content (AvgIpc) is 2.68. The Morgan fingerprint density at radius 2 is 1.95 bits per heavy atom. The fourth-order valence-corrected chi connectivity index (χ4v) is 1.32. The van der Waals surface area contributed by atoms with Gasteiger partial charge in [-0.2, -0.15) is 0 Å². The number of nitrogens with one attached hydrogen (secondary N) is 2. The number of imide groups is 1. The lowest BCUT2D eigenvalue weighted by Gasteiger charge is -2.12. The second-order valence-corrected chi connectivity index (χ2v) is 3.82. The number of urea groups is 1. The molecule has 1 rings (SSSR count). The summed E-state index contributed by atoms with van der Waals surface area (Å²) in [7, 11) is 1.36. The minimum Gasteiger partial charge on any atom is -0.449 e. The zero-order valence-electron chi connectivity index (χ0n) is 11.1. The monoisotopic (exact) mass is 269 g/mol. The maximum atomic E-state index is 11.8. The van der Waals surface area contributed by atoms with Gasteiger partial charge in [-0.25, -0.2) is 9.59 Å². The van der Waals surface area contributed by atoms with E-state index in [0.29, 0.717) is 11.5 Å². The second-order valence-electron chi connectivity index (χ2n) is 3.82. The van der Waals surface area contributed by atoms with Crippen molar-refractivity contribution in [2.24, 2.45) is 0 Å². The lowest BCUT2D eigenvalue weighted by atomic mass is 10.2. The Bertz CT molecular complexity index is 489. The van der Waals surface area contributed by atoms with Gasteiger partial charge >= 0.3 is 12.0 Å². The van der Waals surface area contributed by atoms with Crippen molar-refractivity contribution in [3.8, 4) is 0 Å². The molecule has 0 saturated carbocycles. The Kier molecular flexibility index (Phi) is 4.62. The highest BCUT2D eigenvalue weighted by Gasteiger charge is 2.24. The normalized spacial score (nSPS) is 11.6. The van der Waals surface area contributed by atoms with E-state index in [1.165, 1.54) is 14.0 Å². The minimum atomic E-state index is -1.11. The smallest absolute Gasteiger partial charge is 0.344 e. The number of esters is 1. The zero-order chi connectivity index (χ0) is 14.6. The van der Waals surface area contributed by atoms with E-state index in [2.05, 4.69) is 10.5 Å². The molecule has 0 radical (unpaired) electrons. The summed E-state index contributed by atoms with van der Waals surface area (Å²) in [6.07, 6.45) is -1.11. The maximum absolute atomic E-state index is 11.8. The lowest BCUT2D eigenvalue weighted by Crippen LogP contribution is -2.43. The Morgan fingerprint density at radius 1 is 1.32 bits per heavy atom. The number of amides is 3. The molecule has 0 spiro atoms. The van der Waals surface area contributed by atoms with Gasteiger partial charge < -0.3 is 14.6 Å². The van der Waals surface area contributed by atoms with Crippen molar-refractivity contribution in [2.75, 3.05) is 7.05 Å². The van der Waals surface area contributed by atoms with E-state index in [0.717, 1.165) is 0 Å². The van der Waals surface area contributed by atoms with Gasteiger partial charge in [0.25, 0.3) is 5.91 Å². The SMILES string of the molecule is CNC(=O)NC(=O)[C@H](C)OC(=O)c1c(C)noc1C. The molecule has 0 fully saturated rings. The van der Waals surface area contributed by atoms with Crippen LogP contribution in [0.25, 0.3) is 0 Å². The summed E-state index contributed by atoms with van der Waals surface area (Å²) in [5.41, 5.74) is 0.556. The van der Waals surface area contributed by atoms with Crippen LogP contribution in [0.3, 0.4) is 0 Å². The first-order valence-electron chi connectivity index (χ1n) is 5.53. The van der Waals surface area contributed by atoms with Gasteiger partial charge in [-0.3, -0.25) is 10.1 Å². The van der Waals surface area contributed by atoms with Crippen LogP contribution in [-0.4, -0.2) is 36.2 Å². The standard InChI is InChI=1S/C11H15N3O5/c1-5-8(6(2)19-14-5)10(16)18-7(3)9(15)13-11(17)12-4/h7H,1-4H3,(H2,12,13,15,17)/t7-/m0/s1. The highest BCUT2D eigenvalue weighted by atomic mass is 16.5. The summed E-state index contributed by atoms with van der Waals surface area (Å²) in [5, 5.41) is 7.83. The van der Waals surface area contributed by atoms with Crippen molar-refractivity contribution in [3.63, 3.8) is 0 Å². The van der Waals surface area contributed by atoms with Gasteiger partial charge in [0.2, 0.25) is 0 Å². The fraction of sp³-hybridized carbons (Fsp3) is 0.455. The highest BCUT2D eigenvalue weighted by molar-refractivity contribution is 5.98. The van der Waals surface area contributed by atoms with Crippen LogP contribution >= 0.6 is 0 Å². The van der Waals surface area contributed by atoms with Crippen molar-refractivity contribution in [3.05, 3.63) is 17.0 Å². The van der Waals surface area contributed by atoms with E-state index in [4.69, 9.17) is 9.26 Å². The predicted molar refractivity (Wildman–Crippen MR) is 63.5 cm³/mol. The van der Waals surface area contributed by atoms with Gasteiger partial charge in [0.15, 0.2) is 6.10 Å². The molecule has 1 aromatic rings. The molecule has 0 aliphatic carbocycles. The van der Waals surface area contributed by atoms with Gasteiger partial charge in [0.05, 0.1) is 5.69 Å². The molecular weight excluding hydrogens is 254 g/mol. The third kappa shape index (κ3) is 3.54. The number of rotatable bonds is 3. The van der Waals surface area contributed by atoms with Gasteiger partial charge in [-0.1, -0.05) is 5.16 Å². The van der Waals surface area contributed by atoms with Crippen molar-refractivity contribution < 1.29 is 23.6 Å². The lowest BCUT2D eigenvalue weighted by molar-refractivity contribution is -0.127. The molecule has 0 aliphatic rings. The van der Waals surface area contributed by atoms with E-state index < -0.39 is 24.0 Å². The molecule has 1 aromatic heterocycles. The van der Waals surface area contributed by atoms with Gasteiger partial charge in [-0.15, -0.1) is 0 Å². The molecule has 0 aromatic carbocycles. The summed E-state index contributed by atoms with van der Waals surface area (Å²) >= 11 is 0. The highest BCUT2D eigenvalue weighted by Crippen LogP contribution is 2.14. The van der Waals surface area contributed by atoms with Gasteiger partial charge in [0, 0.05) is 7.05 Å². The summed E-state index contributed by atoms with van der Waals surface area (Å²) in [6, 6.07) is -0.676. The Morgan fingerprint density at radius 3 is 2.42 bits per heavy atom. The van der Waals surface area contributed by atoms with Crippen LogP contribution in [0.4, 0.5) is 4.79 Å². The van der Waals surface area contributed by atoms with Crippen LogP contribution in [0.15, 0.2) is 4.52 Å². The molecule has 0 unspecified atom stereocenters. The fourth-order valence-electron chi connectivity index (χ4n) is 1.32. The average molecular weight is 269 g/mol. The van der Waals surface area contributed by atoms with Crippen molar-refractivity contribution in [2.45, 2.75) is 26.9 Å². The Balaban J connectivity index is 2.67. The summed E-state index contributed by atoms with van der Waals surface area (Å²) < 4.78 is 9.76. The van der Waals surface area contributed by atoms with Crippen molar-refractivity contribution in [1.29, 1.82) is 0 Å². The van der Waals surface area contributed by atoms with E-state index in [1.807, 2.05) is 5.32 Å². The largest absolute Gasteiger partial charge is 0.449 e. The number of nitrogens with zero attached hydrogens (tertiary/aromatic N) is 1. The first kappa shape index (κ1) is 14.7. The van der Waals surface area contributed by atoms with Crippen LogP contribution in [0.1, 0.15) is 28.7 Å². The summed E-state index contributed by atoms with van der Waals surface area (Å²) in [6.45, 7) is 4.50. The number of aromatic nitrogens is 1. The molecule has 1 atom stereocenters. The maximum Gasteiger partial charge on any atom is 0.344 e. The molecule has 19 heavy (non-hydrogen) atoms. The van der Waals surface area contributed by atoms with Crippen LogP contribution in [-0.2, 0) is 9.53 Å². The van der Waals surface area contributed by atoms with E-state index in [1.54, 1.807) is 13.8 Å². The summed E-state index contributed by atoms with van der Waals surface area (Å²) in [4.78, 5) is 34.3. The van der Waals surface area contributed by atoms with Crippen molar-refractivity contribution in [1.82, 2.24) is 15.8 Å². The molecule has 0 saturated heterocycles. The van der Waals surface area contributed by atoms with Crippen LogP contribution in [0.5, 0.6) is 0 Å². The third-order valence-electron chi connectivity index (χ3n) is 2.35. The molecule has 8 nitrogen and oxygen atoms in total. The minimum absolute atomic E-state index is 0.180. The topological polar surface area (TPSA) is 111 Å². The first-order chi connectivity index (χ1) is 8.86. The molecule has 0 aliphatic heterocycles. The third-order valence-corrected chi connectivity index (χ3v) is 2.35. The molecule has 1 heterocycles. The first-order valence-corrected chi connectivity index (χ1v) is 5.53. The van der Waals surface area contributed by atoms with E-state index >= 15 is 0 Å². The Labute approximate surface area is 109 Å². The number of carbonyl (C=O) groups is 3. The molecule has 104 valence electrons. The second kappa shape index (κ2) is 5.98. The van der Waals surface area contributed by atoms with Gasteiger partial charge in [-0.05, 0) is 20.8 Å². The zero-order valence-corrected chi connectivity index (χ0v) is 11.1. The quantitative estimate of drug-likeness (QED) is 0.763. The molecular formula is C11H15N3O5. The number of hydrogen-bond donors (Lipinski definition) is 2. The van der Waals surface area contributed by atoms with Crippen LogP contribution in [0.2, 0.25) is 0 Å². The number of aryl methyl sites for hydroxylation is 2. The Hall–Kier alpha value is -2.38. The van der Waals surface area contributed by atoms with Crippen molar-refractivity contribution >= 4 is 17.9 Å². The van der Waals surface area contributed by atoms with Gasteiger partial charge in [0.1, 0.15) is 11.3 Å². The molecule has 0 bridgehead atoms. The summed E-state index contributed by atoms with van der Waals surface area (Å²) in [5.74, 6) is -1.14. The predicted octanol–water partition coefficient (Wildman–Crippen LogP) is 0.292. The van der Waals surface area contributed by atoms with Crippen LogP contribution < -0.4 is 10.6 Å². The number of ether oxygens (including phenoxy) is 1. The van der Waals surface area contributed by atoms with E-state index in [9.17, 15) is 14.4 Å². The molecule has 2 N–H and O–H groups in total. The number of carbonyl (C=O) groups excluding carboxylic acids is 3. The van der Waals surface area contributed by atoms with E-state index in [-0.39, 0.29) is 5.56 Å².